The van der Waals surface area contributed by atoms with Crippen molar-refractivity contribution in [1.82, 2.24) is 0 Å². The minimum Gasteiger partial charge on any atom is -0.493 e. The number of halogens is 1. The van der Waals surface area contributed by atoms with E-state index >= 15 is 0 Å². The molecule has 0 radical (unpaired) electrons. The fourth-order valence-corrected chi connectivity index (χ4v) is 2.64. The third kappa shape index (κ3) is 2.41. The first-order valence-electron chi connectivity index (χ1n) is 6.78. The third-order valence-electron chi connectivity index (χ3n) is 3.80. The molecule has 1 heterocycles. The van der Waals surface area contributed by atoms with Gasteiger partial charge in [-0.25, -0.2) is 4.39 Å². The van der Waals surface area contributed by atoms with Crippen LogP contribution in [0.5, 0.6) is 5.75 Å². The molecule has 3 rings (SSSR count). The predicted octanol–water partition coefficient (Wildman–Crippen LogP) is 3.21. The van der Waals surface area contributed by atoms with Gasteiger partial charge >= 0.3 is 0 Å². The molecule has 1 unspecified atom stereocenters. The molecular weight excluding hydrogens is 255 g/mol. The lowest BCUT2D eigenvalue weighted by Gasteiger charge is -2.24. The third-order valence-corrected chi connectivity index (χ3v) is 3.80. The molecule has 0 aromatic heterocycles. The average Bonchev–Trinajstić information content (AvgIpc) is 2.88. The summed E-state index contributed by atoms with van der Waals surface area (Å²) in [5.74, 6) is 0.604. The summed E-state index contributed by atoms with van der Waals surface area (Å²) >= 11 is 0. The molecule has 0 fully saturated rings. The first kappa shape index (κ1) is 13.1. The van der Waals surface area contributed by atoms with Crippen LogP contribution in [0.3, 0.4) is 0 Å². The van der Waals surface area contributed by atoms with Crippen LogP contribution in [-0.2, 0) is 18.4 Å². The highest BCUT2D eigenvalue weighted by Crippen LogP contribution is 2.32. The molecule has 104 valence electrons. The van der Waals surface area contributed by atoms with Crippen molar-refractivity contribution in [1.29, 1.82) is 0 Å². The summed E-state index contributed by atoms with van der Waals surface area (Å²) in [6, 6.07) is 12.3. The molecule has 2 nitrogen and oxygen atoms in total. The summed E-state index contributed by atoms with van der Waals surface area (Å²) in [5, 5.41) is 10.7. The van der Waals surface area contributed by atoms with Crippen LogP contribution in [0.15, 0.2) is 42.5 Å². The van der Waals surface area contributed by atoms with Gasteiger partial charge < -0.3 is 9.84 Å². The minimum absolute atomic E-state index is 0.249. The van der Waals surface area contributed by atoms with Gasteiger partial charge in [0.25, 0.3) is 0 Å². The van der Waals surface area contributed by atoms with E-state index < -0.39 is 5.60 Å². The highest BCUT2D eigenvalue weighted by Gasteiger charge is 2.26. The van der Waals surface area contributed by atoms with Gasteiger partial charge in [-0.1, -0.05) is 24.3 Å². The zero-order valence-electron chi connectivity index (χ0n) is 11.4. The summed E-state index contributed by atoms with van der Waals surface area (Å²) in [5.41, 5.74) is 1.33. The largest absolute Gasteiger partial charge is 0.493 e. The van der Waals surface area contributed by atoms with E-state index in [2.05, 4.69) is 0 Å². The van der Waals surface area contributed by atoms with Gasteiger partial charge in [-0.2, -0.15) is 0 Å². The van der Waals surface area contributed by atoms with E-state index in [1.807, 2.05) is 18.2 Å². The molecule has 2 aromatic carbocycles. The number of hydrogen-bond donors (Lipinski definition) is 1. The maximum absolute atomic E-state index is 13.7. The van der Waals surface area contributed by atoms with E-state index in [1.165, 1.54) is 6.07 Å². The molecule has 1 N–H and O–H groups in total. The molecule has 1 aliphatic rings. The zero-order valence-corrected chi connectivity index (χ0v) is 11.4. The summed E-state index contributed by atoms with van der Waals surface area (Å²) in [6.45, 7) is 2.41. The number of rotatable bonds is 3. The monoisotopic (exact) mass is 272 g/mol. The lowest BCUT2D eigenvalue weighted by molar-refractivity contribution is 0.0566. The number of ether oxygens (including phenoxy) is 1. The van der Waals surface area contributed by atoms with E-state index in [9.17, 15) is 9.50 Å². The van der Waals surface area contributed by atoms with Gasteiger partial charge in [-0.15, -0.1) is 0 Å². The summed E-state index contributed by atoms with van der Waals surface area (Å²) < 4.78 is 19.2. The highest BCUT2D eigenvalue weighted by molar-refractivity contribution is 5.42. The minimum atomic E-state index is -1.10. The Morgan fingerprint density at radius 3 is 2.85 bits per heavy atom. The van der Waals surface area contributed by atoms with Gasteiger partial charge in [0.05, 0.1) is 12.2 Å². The quantitative estimate of drug-likeness (QED) is 0.929. The van der Waals surface area contributed by atoms with Crippen molar-refractivity contribution in [3.8, 4) is 5.75 Å². The first-order chi connectivity index (χ1) is 9.56. The molecule has 0 saturated carbocycles. The normalized spacial score (nSPS) is 16.4. The summed E-state index contributed by atoms with van der Waals surface area (Å²) in [7, 11) is 0. The van der Waals surface area contributed by atoms with E-state index in [0.29, 0.717) is 12.2 Å². The van der Waals surface area contributed by atoms with E-state index in [1.54, 1.807) is 25.1 Å². The number of aliphatic hydroxyl groups is 1. The van der Waals surface area contributed by atoms with Crippen LogP contribution in [0, 0.1) is 5.82 Å². The van der Waals surface area contributed by atoms with Crippen LogP contribution in [-0.4, -0.2) is 11.7 Å². The van der Waals surface area contributed by atoms with Gasteiger partial charge in [0, 0.05) is 12.8 Å². The molecule has 0 bridgehead atoms. The Labute approximate surface area is 117 Å². The van der Waals surface area contributed by atoms with Crippen molar-refractivity contribution in [3.63, 3.8) is 0 Å². The average molecular weight is 272 g/mol. The Kier molecular flexibility index (Phi) is 3.22. The lowest BCUT2D eigenvalue weighted by Crippen LogP contribution is -2.25. The Morgan fingerprint density at radius 1 is 1.25 bits per heavy atom. The Morgan fingerprint density at radius 2 is 2.05 bits per heavy atom. The van der Waals surface area contributed by atoms with Gasteiger partial charge in [0.1, 0.15) is 11.6 Å². The number of fused-ring (bicyclic) bond motifs is 1. The second kappa shape index (κ2) is 4.91. The fraction of sp³-hybridized carbons (Fsp3) is 0.294. The molecule has 2 aromatic rings. The first-order valence-corrected chi connectivity index (χ1v) is 6.78. The van der Waals surface area contributed by atoms with E-state index in [0.717, 1.165) is 23.3 Å². The fourth-order valence-electron chi connectivity index (χ4n) is 2.64. The second-order valence-electron chi connectivity index (χ2n) is 5.46. The van der Waals surface area contributed by atoms with Gasteiger partial charge in [0.15, 0.2) is 0 Å². The van der Waals surface area contributed by atoms with Crippen molar-refractivity contribution in [2.75, 3.05) is 6.61 Å². The Balaban J connectivity index is 1.90. The maximum Gasteiger partial charge on any atom is 0.126 e. The van der Waals surface area contributed by atoms with Crippen LogP contribution in [0.2, 0.25) is 0 Å². The Hall–Kier alpha value is -1.87. The van der Waals surface area contributed by atoms with Crippen molar-refractivity contribution in [2.24, 2.45) is 0 Å². The lowest BCUT2D eigenvalue weighted by atomic mass is 9.88. The predicted molar refractivity (Wildman–Crippen MR) is 75.3 cm³/mol. The van der Waals surface area contributed by atoms with Gasteiger partial charge in [-0.3, -0.25) is 0 Å². The van der Waals surface area contributed by atoms with Gasteiger partial charge in [0.2, 0.25) is 0 Å². The molecule has 3 heteroatoms. The number of hydrogen-bond acceptors (Lipinski definition) is 2. The van der Waals surface area contributed by atoms with Crippen molar-refractivity contribution in [3.05, 3.63) is 65.0 Å². The summed E-state index contributed by atoms with van der Waals surface area (Å²) in [4.78, 5) is 0. The standard InChI is InChI=1S/C17H17FO2/c1-17(19,11-13-4-2-3-5-15(13)18)14-6-7-16-12(10-14)8-9-20-16/h2-7,10,19H,8-9,11H2,1H3. The molecule has 0 aliphatic carbocycles. The molecule has 1 atom stereocenters. The molecule has 0 spiro atoms. The van der Waals surface area contributed by atoms with Gasteiger partial charge in [-0.05, 0) is 41.8 Å². The maximum atomic E-state index is 13.7. The van der Waals surface area contributed by atoms with Crippen LogP contribution in [0.4, 0.5) is 4.39 Å². The van der Waals surface area contributed by atoms with Crippen LogP contribution >= 0.6 is 0 Å². The Bertz CT molecular complexity index is 635. The molecule has 1 aliphatic heterocycles. The second-order valence-corrected chi connectivity index (χ2v) is 5.46. The molecule has 20 heavy (non-hydrogen) atoms. The van der Waals surface area contributed by atoms with Crippen molar-refractivity contribution >= 4 is 0 Å². The number of benzene rings is 2. The van der Waals surface area contributed by atoms with Crippen LogP contribution in [0.1, 0.15) is 23.6 Å². The van der Waals surface area contributed by atoms with Crippen LogP contribution in [0.25, 0.3) is 0 Å². The SMILES string of the molecule is CC(O)(Cc1ccccc1F)c1ccc2c(c1)CCO2. The molecule has 0 amide bonds. The van der Waals surface area contributed by atoms with Crippen molar-refractivity contribution < 1.29 is 14.2 Å². The van der Waals surface area contributed by atoms with E-state index in [4.69, 9.17) is 4.74 Å². The topological polar surface area (TPSA) is 29.5 Å². The molecular formula is C17H17FO2. The van der Waals surface area contributed by atoms with Crippen LogP contribution < -0.4 is 4.74 Å². The van der Waals surface area contributed by atoms with E-state index in [-0.39, 0.29) is 12.2 Å². The summed E-state index contributed by atoms with van der Waals surface area (Å²) in [6.07, 6.45) is 1.11. The smallest absolute Gasteiger partial charge is 0.126 e. The highest BCUT2D eigenvalue weighted by atomic mass is 19.1. The molecule has 0 saturated heterocycles. The van der Waals surface area contributed by atoms with Crippen molar-refractivity contribution in [2.45, 2.75) is 25.4 Å². The zero-order chi connectivity index (χ0) is 14.2.